The van der Waals surface area contributed by atoms with Crippen LogP contribution in [0.5, 0.6) is 0 Å². The number of fused-ring (bicyclic) bond motifs is 1. The van der Waals surface area contributed by atoms with Crippen molar-refractivity contribution in [3.63, 3.8) is 0 Å². The minimum Gasteiger partial charge on any atom is -0.396 e. The van der Waals surface area contributed by atoms with E-state index in [1.165, 1.54) is 5.39 Å². The molecule has 1 aliphatic carbocycles. The fraction of sp³-hybridized carbons (Fsp3) is 0.471. The van der Waals surface area contributed by atoms with Gasteiger partial charge in [0, 0.05) is 30.4 Å². The number of urea groups is 1. The molecule has 1 fully saturated rings. The molecule has 1 aromatic carbocycles. The number of aliphatic hydroxyl groups is 1. The van der Waals surface area contributed by atoms with Gasteiger partial charge >= 0.3 is 6.03 Å². The Balaban J connectivity index is 1.65. The second-order valence-electron chi connectivity index (χ2n) is 6.25. The van der Waals surface area contributed by atoms with E-state index in [1.807, 2.05) is 18.2 Å². The first kappa shape index (κ1) is 14.9. The Morgan fingerprint density at radius 2 is 2.18 bits per heavy atom. The molecule has 0 unspecified atom stereocenters. The van der Waals surface area contributed by atoms with Gasteiger partial charge in [-0.05, 0) is 42.8 Å². The Morgan fingerprint density at radius 3 is 2.86 bits per heavy atom. The van der Waals surface area contributed by atoms with Gasteiger partial charge in [0.05, 0.1) is 12.1 Å². The van der Waals surface area contributed by atoms with Gasteiger partial charge in [0.15, 0.2) is 0 Å². The Hall–Kier alpha value is -2.01. The first-order valence-electron chi connectivity index (χ1n) is 7.90. The summed E-state index contributed by atoms with van der Waals surface area (Å²) in [5, 5.41) is 16.2. The molecule has 3 N–H and O–H groups in total. The SMILES string of the molecule is CCCn1ccc2ccc(NC(=O)NCC3(CO)CC3)cc21. The summed E-state index contributed by atoms with van der Waals surface area (Å²) in [6.45, 7) is 3.79. The molecule has 2 aromatic rings. The van der Waals surface area contributed by atoms with Crippen molar-refractivity contribution in [3.8, 4) is 0 Å². The van der Waals surface area contributed by atoms with Crippen LogP contribution in [0.25, 0.3) is 10.9 Å². The molecule has 0 saturated heterocycles. The standard InChI is InChI=1S/C17H23N3O2/c1-2-8-20-9-5-13-3-4-14(10-15(13)20)19-16(22)18-11-17(12-21)6-7-17/h3-5,9-10,21H,2,6-8,11-12H2,1H3,(H2,18,19,22). The highest BCUT2D eigenvalue weighted by atomic mass is 16.3. The van der Waals surface area contributed by atoms with Gasteiger partial charge in [-0.25, -0.2) is 4.79 Å². The van der Waals surface area contributed by atoms with E-state index in [0.29, 0.717) is 6.54 Å². The summed E-state index contributed by atoms with van der Waals surface area (Å²) in [5.74, 6) is 0. The van der Waals surface area contributed by atoms with Crippen LogP contribution >= 0.6 is 0 Å². The molecule has 0 atom stereocenters. The lowest BCUT2D eigenvalue weighted by Crippen LogP contribution is -2.35. The maximum absolute atomic E-state index is 12.0. The number of hydrogen-bond donors (Lipinski definition) is 3. The van der Waals surface area contributed by atoms with Crippen LogP contribution in [0, 0.1) is 5.41 Å². The highest BCUT2D eigenvalue weighted by Crippen LogP contribution is 2.44. The van der Waals surface area contributed by atoms with Crippen molar-refractivity contribution in [1.82, 2.24) is 9.88 Å². The fourth-order valence-corrected chi connectivity index (χ4v) is 2.71. The van der Waals surface area contributed by atoms with E-state index >= 15 is 0 Å². The zero-order chi connectivity index (χ0) is 15.6. The monoisotopic (exact) mass is 301 g/mol. The zero-order valence-electron chi connectivity index (χ0n) is 12.9. The Morgan fingerprint density at radius 1 is 1.36 bits per heavy atom. The Kier molecular flexibility index (Phi) is 4.07. The van der Waals surface area contributed by atoms with Gasteiger partial charge in [-0.15, -0.1) is 0 Å². The van der Waals surface area contributed by atoms with Gasteiger partial charge in [-0.3, -0.25) is 0 Å². The number of hydrogen-bond acceptors (Lipinski definition) is 2. The number of carbonyl (C=O) groups is 1. The number of anilines is 1. The molecule has 0 spiro atoms. The molecule has 1 aliphatic rings. The van der Waals surface area contributed by atoms with E-state index in [1.54, 1.807) is 0 Å². The average molecular weight is 301 g/mol. The third-order valence-corrected chi connectivity index (χ3v) is 4.41. The first-order chi connectivity index (χ1) is 10.7. The van der Waals surface area contributed by atoms with Crippen LogP contribution in [0.1, 0.15) is 26.2 Å². The van der Waals surface area contributed by atoms with Crippen LogP contribution in [0.4, 0.5) is 10.5 Å². The number of nitrogens with one attached hydrogen (secondary N) is 2. The van der Waals surface area contributed by atoms with Crippen molar-refractivity contribution in [1.29, 1.82) is 0 Å². The third kappa shape index (κ3) is 3.09. The third-order valence-electron chi connectivity index (χ3n) is 4.41. The lowest BCUT2D eigenvalue weighted by atomic mass is 10.1. The molecule has 5 nitrogen and oxygen atoms in total. The van der Waals surface area contributed by atoms with E-state index in [4.69, 9.17) is 0 Å². The molecular weight excluding hydrogens is 278 g/mol. The van der Waals surface area contributed by atoms with Crippen molar-refractivity contribution < 1.29 is 9.90 Å². The normalized spacial score (nSPS) is 15.7. The largest absolute Gasteiger partial charge is 0.396 e. The average Bonchev–Trinajstić information content (AvgIpc) is 3.21. The molecule has 1 aromatic heterocycles. The van der Waals surface area contributed by atoms with E-state index in [-0.39, 0.29) is 18.1 Å². The summed E-state index contributed by atoms with van der Waals surface area (Å²) in [6.07, 6.45) is 5.13. The van der Waals surface area contributed by atoms with Gasteiger partial charge in [0.1, 0.15) is 0 Å². The lowest BCUT2D eigenvalue weighted by molar-refractivity contribution is 0.206. The van der Waals surface area contributed by atoms with Gasteiger partial charge < -0.3 is 20.3 Å². The summed E-state index contributed by atoms with van der Waals surface area (Å²) in [6, 6.07) is 7.81. The van der Waals surface area contributed by atoms with E-state index in [2.05, 4.69) is 34.4 Å². The maximum atomic E-state index is 12.0. The van der Waals surface area contributed by atoms with E-state index in [9.17, 15) is 9.90 Å². The van der Waals surface area contributed by atoms with Crippen molar-refractivity contribution in [3.05, 3.63) is 30.5 Å². The van der Waals surface area contributed by atoms with Crippen LogP contribution in [0.3, 0.4) is 0 Å². The smallest absolute Gasteiger partial charge is 0.319 e. The summed E-state index contributed by atoms with van der Waals surface area (Å²) >= 11 is 0. The number of rotatable bonds is 6. The molecular formula is C17H23N3O2. The van der Waals surface area contributed by atoms with Gasteiger partial charge in [0.2, 0.25) is 0 Å². The summed E-state index contributed by atoms with van der Waals surface area (Å²) < 4.78 is 2.20. The summed E-state index contributed by atoms with van der Waals surface area (Å²) in [7, 11) is 0. The van der Waals surface area contributed by atoms with Crippen LogP contribution in [0.15, 0.2) is 30.5 Å². The van der Waals surface area contributed by atoms with Crippen molar-refractivity contribution in [2.24, 2.45) is 5.41 Å². The van der Waals surface area contributed by atoms with Crippen molar-refractivity contribution in [2.75, 3.05) is 18.5 Å². The van der Waals surface area contributed by atoms with E-state index in [0.717, 1.165) is 37.0 Å². The molecule has 118 valence electrons. The molecule has 5 heteroatoms. The molecule has 2 amide bonds. The van der Waals surface area contributed by atoms with Gasteiger partial charge in [-0.2, -0.15) is 0 Å². The highest BCUT2D eigenvalue weighted by molar-refractivity contribution is 5.92. The Bertz CT molecular complexity index is 674. The molecule has 1 saturated carbocycles. The quantitative estimate of drug-likeness (QED) is 0.768. The number of benzene rings is 1. The second kappa shape index (κ2) is 6.01. The van der Waals surface area contributed by atoms with Crippen molar-refractivity contribution >= 4 is 22.6 Å². The number of aliphatic hydroxyl groups excluding tert-OH is 1. The molecule has 0 radical (unpaired) electrons. The van der Waals surface area contributed by atoms with Gasteiger partial charge in [0.25, 0.3) is 0 Å². The fourth-order valence-electron chi connectivity index (χ4n) is 2.71. The number of carbonyl (C=O) groups excluding carboxylic acids is 1. The molecule has 1 heterocycles. The second-order valence-corrected chi connectivity index (χ2v) is 6.25. The number of aromatic nitrogens is 1. The lowest BCUT2D eigenvalue weighted by Gasteiger charge is -2.13. The zero-order valence-corrected chi connectivity index (χ0v) is 12.9. The number of nitrogens with zero attached hydrogens (tertiary/aromatic N) is 1. The molecule has 22 heavy (non-hydrogen) atoms. The number of amides is 2. The van der Waals surface area contributed by atoms with Crippen LogP contribution in [0.2, 0.25) is 0 Å². The predicted molar refractivity (Wildman–Crippen MR) is 88.0 cm³/mol. The maximum Gasteiger partial charge on any atom is 0.319 e. The van der Waals surface area contributed by atoms with Crippen LogP contribution < -0.4 is 10.6 Å². The number of aryl methyl sites for hydroxylation is 1. The Labute approximate surface area is 130 Å². The summed E-state index contributed by atoms with van der Waals surface area (Å²) in [4.78, 5) is 12.0. The highest BCUT2D eigenvalue weighted by Gasteiger charge is 2.42. The minimum absolute atomic E-state index is 0.0723. The first-order valence-corrected chi connectivity index (χ1v) is 7.90. The summed E-state index contributed by atoms with van der Waals surface area (Å²) in [5.41, 5.74) is 1.85. The van der Waals surface area contributed by atoms with Crippen molar-refractivity contribution in [2.45, 2.75) is 32.7 Å². The molecule has 0 bridgehead atoms. The minimum atomic E-state index is -0.215. The van der Waals surface area contributed by atoms with Crippen LogP contribution in [-0.4, -0.2) is 28.9 Å². The van der Waals surface area contributed by atoms with Gasteiger partial charge in [-0.1, -0.05) is 13.0 Å². The predicted octanol–water partition coefficient (Wildman–Crippen LogP) is 2.95. The molecule has 3 rings (SSSR count). The van der Waals surface area contributed by atoms with Crippen LogP contribution in [-0.2, 0) is 6.54 Å². The van der Waals surface area contributed by atoms with E-state index < -0.39 is 0 Å². The molecule has 0 aliphatic heterocycles. The topological polar surface area (TPSA) is 66.3 Å².